The zero-order valence-electron chi connectivity index (χ0n) is 14.0. The van der Waals surface area contributed by atoms with Crippen LogP contribution in [0.2, 0.25) is 0 Å². The minimum Gasteiger partial charge on any atom is -0.357 e. The van der Waals surface area contributed by atoms with Gasteiger partial charge in [0, 0.05) is 24.4 Å². The zero-order valence-corrected chi connectivity index (χ0v) is 17.2. The molecule has 2 unspecified atom stereocenters. The van der Waals surface area contributed by atoms with Gasteiger partial charge in [-0.3, -0.25) is 9.89 Å². The first-order chi connectivity index (χ1) is 9.71. The monoisotopic (exact) mass is 428 g/mol. The Hall–Kier alpha value is 0.310. The van der Waals surface area contributed by atoms with E-state index < -0.39 is 0 Å². The highest BCUT2D eigenvalue weighted by atomic mass is 127. The highest BCUT2D eigenvalue weighted by Gasteiger charge is 2.15. The molecule has 0 aromatic rings. The van der Waals surface area contributed by atoms with Gasteiger partial charge in [0.2, 0.25) is 0 Å². The van der Waals surface area contributed by atoms with Gasteiger partial charge in [-0.15, -0.1) is 24.0 Å². The maximum atomic E-state index is 4.73. The molecule has 0 aliphatic carbocycles. The van der Waals surface area contributed by atoms with Crippen LogP contribution in [-0.2, 0) is 0 Å². The molecule has 0 spiro atoms. The second-order valence-electron chi connectivity index (χ2n) is 5.31. The summed E-state index contributed by atoms with van der Waals surface area (Å²) in [5.74, 6) is 2.29. The largest absolute Gasteiger partial charge is 0.357 e. The summed E-state index contributed by atoms with van der Waals surface area (Å²) in [7, 11) is 0. The normalized spacial score (nSPS) is 20.2. The molecular formula is C15H33IN4S. The first kappa shape index (κ1) is 21.3. The van der Waals surface area contributed by atoms with Crippen LogP contribution in [0, 0.1) is 0 Å². The Morgan fingerprint density at radius 2 is 2.00 bits per heavy atom. The highest BCUT2D eigenvalue weighted by molar-refractivity contribution is 14.0. The Morgan fingerprint density at radius 3 is 2.52 bits per heavy atom. The van der Waals surface area contributed by atoms with Crippen LogP contribution in [-0.4, -0.2) is 60.6 Å². The molecule has 6 heteroatoms. The Morgan fingerprint density at radius 1 is 1.29 bits per heavy atom. The first-order valence-corrected chi connectivity index (χ1v) is 9.13. The van der Waals surface area contributed by atoms with E-state index in [9.17, 15) is 0 Å². The first-order valence-electron chi connectivity index (χ1n) is 8.09. The number of hydrogen-bond donors (Lipinski definition) is 2. The maximum Gasteiger partial charge on any atom is 0.191 e. The number of likely N-dealkylation sites (N-methyl/N-ethyl adjacent to an activating group) is 1. The molecule has 1 rings (SSSR count). The van der Waals surface area contributed by atoms with Gasteiger partial charge < -0.3 is 10.6 Å². The van der Waals surface area contributed by atoms with Crippen LogP contribution in [0.5, 0.6) is 0 Å². The van der Waals surface area contributed by atoms with Gasteiger partial charge in [-0.25, -0.2) is 0 Å². The third-order valence-corrected chi connectivity index (χ3v) is 5.21. The quantitative estimate of drug-likeness (QED) is 0.354. The van der Waals surface area contributed by atoms with Gasteiger partial charge in [-0.1, -0.05) is 13.8 Å². The van der Waals surface area contributed by atoms with Crippen molar-refractivity contribution in [2.24, 2.45) is 4.99 Å². The van der Waals surface area contributed by atoms with Crippen molar-refractivity contribution < 1.29 is 0 Å². The number of nitrogens with one attached hydrogen (secondary N) is 2. The summed E-state index contributed by atoms with van der Waals surface area (Å²) in [6.07, 6.45) is 2.70. The van der Waals surface area contributed by atoms with E-state index in [4.69, 9.17) is 4.99 Å². The number of hydrogen-bond acceptors (Lipinski definition) is 3. The zero-order chi connectivity index (χ0) is 14.8. The Kier molecular flexibility index (Phi) is 13.0. The Bertz CT molecular complexity index is 279. The molecule has 0 aromatic carbocycles. The SMILES string of the molecule is CCNC(=NCC(C)N(CC)CC)NCC1CCCS1.I. The molecule has 0 saturated carbocycles. The molecular weight excluding hydrogens is 395 g/mol. The third-order valence-electron chi connectivity index (χ3n) is 3.81. The lowest BCUT2D eigenvalue weighted by Gasteiger charge is -2.25. The van der Waals surface area contributed by atoms with Crippen molar-refractivity contribution >= 4 is 41.7 Å². The standard InChI is InChI=1S/C15H32N4S.HI/c1-5-16-15(18-12-14-9-8-10-20-14)17-11-13(4)19(6-2)7-3;/h13-14H,5-12H2,1-4H3,(H2,16,17,18);1H. The molecule has 21 heavy (non-hydrogen) atoms. The lowest BCUT2D eigenvalue weighted by atomic mass is 10.2. The van der Waals surface area contributed by atoms with E-state index >= 15 is 0 Å². The highest BCUT2D eigenvalue weighted by Crippen LogP contribution is 2.25. The average Bonchev–Trinajstić information content (AvgIpc) is 2.96. The predicted octanol–water partition coefficient (Wildman–Crippen LogP) is 2.79. The number of halogens is 1. The van der Waals surface area contributed by atoms with E-state index in [2.05, 4.69) is 55.0 Å². The van der Waals surface area contributed by atoms with Crippen molar-refractivity contribution in [3.05, 3.63) is 0 Å². The van der Waals surface area contributed by atoms with Gasteiger partial charge in [-0.05, 0) is 45.5 Å². The fourth-order valence-corrected chi connectivity index (χ4v) is 3.74. The van der Waals surface area contributed by atoms with Gasteiger partial charge >= 0.3 is 0 Å². The van der Waals surface area contributed by atoms with Crippen molar-refractivity contribution in [3.8, 4) is 0 Å². The van der Waals surface area contributed by atoms with E-state index in [1.54, 1.807) is 0 Å². The number of thioether (sulfide) groups is 1. The van der Waals surface area contributed by atoms with Crippen molar-refractivity contribution in [1.82, 2.24) is 15.5 Å². The van der Waals surface area contributed by atoms with E-state index in [1.807, 2.05) is 0 Å². The lowest BCUT2D eigenvalue weighted by Crippen LogP contribution is -2.42. The van der Waals surface area contributed by atoms with Crippen LogP contribution in [0.4, 0.5) is 0 Å². The van der Waals surface area contributed by atoms with E-state index in [-0.39, 0.29) is 24.0 Å². The predicted molar refractivity (Wildman–Crippen MR) is 107 cm³/mol. The average molecular weight is 428 g/mol. The van der Waals surface area contributed by atoms with Gasteiger partial charge in [0.05, 0.1) is 6.54 Å². The van der Waals surface area contributed by atoms with Crippen LogP contribution in [0.15, 0.2) is 4.99 Å². The molecule has 0 radical (unpaired) electrons. The van der Waals surface area contributed by atoms with Crippen LogP contribution in [0.3, 0.4) is 0 Å². The van der Waals surface area contributed by atoms with Crippen LogP contribution >= 0.6 is 35.7 Å². The van der Waals surface area contributed by atoms with E-state index in [0.29, 0.717) is 6.04 Å². The fourth-order valence-electron chi connectivity index (χ4n) is 2.54. The molecule has 1 aliphatic heterocycles. The molecule has 0 amide bonds. The Labute approximate surface area is 152 Å². The lowest BCUT2D eigenvalue weighted by molar-refractivity contribution is 0.237. The minimum atomic E-state index is 0. The summed E-state index contributed by atoms with van der Waals surface area (Å²) in [5, 5.41) is 7.60. The van der Waals surface area contributed by atoms with Gasteiger partial charge in [0.1, 0.15) is 0 Å². The molecule has 1 aliphatic rings. The third kappa shape index (κ3) is 8.50. The minimum absolute atomic E-state index is 0. The van der Waals surface area contributed by atoms with Crippen LogP contribution in [0.25, 0.3) is 0 Å². The number of guanidine groups is 1. The van der Waals surface area contributed by atoms with Crippen molar-refractivity contribution in [2.75, 3.05) is 38.5 Å². The molecule has 126 valence electrons. The van der Waals surface area contributed by atoms with Crippen molar-refractivity contribution in [2.45, 2.75) is 51.8 Å². The summed E-state index contributed by atoms with van der Waals surface area (Å²) in [4.78, 5) is 7.18. The second kappa shape index (κ2) is 12.8. The van der Waals surface area contributed by atoms with Crippen molar-refractivity contribution in [1.29, 1.82) is 0 Å². The summed E-state index contributed by atoms with van der Waals surface area (Å²) in [6, 6.07) is 0.501. The van der Waals surface area contributed by atoms with Gasteiger partial charge in [0.15, 0.2) is 5.96 Å². The molecule has 4 nitrogen and oxygen atoms in total. The molecule has 2 atom stereocenters. The fraction of sp³-hybridized carbons (Fsp3) is 0.933. The molecule has 1 heterocycles. The number of nitrogens with zero attached hydrogens (tertiary/aromatic N) is 2. The van der Waals surface area contributed by atoms with Crippen molar-refractivity contribution in [3.63, 3.8) is 0 Å². The summed E-state index contributed by atoms with van der Waals surface area (Å²) >= 11 is 2.09. The topological polar surface area (TPSA) is 39.7 Å². The molecule has 0 bridgehead atoms. The molecule has 0 aromatic heterocycles. The summed E-state index contributed by atoms with van der Waals surface area (Å²) in [6.45, 7) is 13.8. The van der Waals surface area contributed by atoms with E-state index in [1.165, 1.54) is 18.6 Å². The second-order valence-corrected chi connectivity index (χ2v) is 6.71. The molecule has 1 fully saturated rings. The Balaban J connectivity index is 0.00000400. The molecule has 2 N–H and O–H groups in total. The number of rotatable bonds is 8. The molecule has 1 saturated heterocycles. The van der Waals surface area contributed by atoms with Gasteiger partial charge in [0.25, 0.3) is 0 Å². The number of aliphatic imine (C=N–C) groups is 1. The summed E-state index contributed by atoms with van der Waals surface area (Å²) in [5.41, 5.74) is 0. The van der Waals surface area contributed by atoms with Crippen LogP contribution < -0.4 is 10.6 Å². The smallest absolute Gasteiger partial charge is 0.191 e. The van der Waals surface area contributed by atoms with Gasteiger partial charge in [-0.2, -0.15) is 11.8 Å². The maximum absolute atomic E-state index is 4.73. The van der Waals surface area contributed by atoms with Crippen LogP contribution in [0.1, 0.15) is 40.5 Å². The summed E-state index contributed by atoms with van der Waals surface area (Å²) < 4.78 is 0. The van der Waals surface area contributed by atoms with E-state index in [0.717, 1.165) is 43.9 Å².